The van der Waals surface area contributed by atoms with Crippen molar-refractivity contribution in [3.8, 4) is 0 Å². The van der Waals surface area contributed by atoms with Gasteiger partial charge in [-0.3, -0.25) is 4.79 Å². The molecule has 0 saturated carbocycles. The molecule has 4 rings (SSSR count). The van der Waals surface area contributed by atoms with Crippen LogP contribution in [-0.2, 0) is 0 Å². The molecule has 4 aromatic rings. The summed E-state index contributed by atoms with van der Waals surface area (Å²) in [4.78, 5) is 23.8. The lowest BCUT2D eigenvalue weighted by Gasteiger charge is -2.02. The minimum atomic E-state index is -0.311. The van der Waals surface area contributed by atoms with E-state index in [2.05, 4.69) is 25.4 Å². The Morgan fingerprint density at radius 1 is 1.36 bits per heavy atom. The number of aromatic amines is 1. The molecular weight excluding hydrogens is 304 g/mol. The number of pyridine rings is 1. The van der Waals surface area contributed by atoms with Gasteiger partial charge >= 0.3 is 0 Å². The van der Waals surface area contributed by atoms with Crippen molar-refractivity contribution in [2.24, 2.45) is 0 Å². The number of hydrogen-bond acceptors (Lipinski definition) is 4. The van der Waals surface area contributed by atoms with Gasteiger partial charge < -0.3 is 10.3 Å². The van der Waals surface area contributed by atoms with E-state index in [4.69, 9.17) is 11.6 Å². The summed E-state index contributed by atoms with van der Waals surface area (Å²) in [7, 11) is 0. The summed E-state index contributed by atoms with van der Waals surface area (Å²) in [5, 5.41) is 8.06. The summed E-state index contributed by atoms with van der Waals surface area (Å²) >= 11 is 5.88. The van der Waals surface area contributed by atoms with Gasteiger partial charge in [-0.15, -0.1) is 0 Å². The van der Waals surface area contributed by atoms with Gasteiger partial charge in [0.1, 0.15) is 16.4 Å². The van der Waals surface area contributed by atoms with Crippen LogP contribution in [0.1, 0.15) is 10.4 Å². The van der Waals surface area contributed by atoms with E-state index in [1.165, 1.54) is 10.7 Å². The molecule has 0 radical (unpaired) electrons. The molecule has 0 unspecified atom stereocenters. The zero-order chi connectivity index (χ0) is 15.1. The van der Waals surface area contributed by atoms with Crippen LogP contribution in [0.4, 0.5) is 5.69 Å². The monoisotopic (exact) mass is 312 g/mol. The standard InChI is InChI=1S/C14H9ClN6O/c15-11-3-5-21-13(20-11)9(6-18-21)14(22)19-10-7-17-12-8(10)2-1-4-16-12/h1-7H,(H,16,17)(H,19,22). The maximum atomic E-state index is 12.5. The van der Waals surface area contributed by atoms with Crippen molar-refractivity contribution in [3.63, 3.8) is 0 Å². The number of hydrogen-bond donors (Lipinski definition) is 2. The van der Waals surface area contributed by atoms with Gasteiger partial charge in [-0.25, -0.2) is 14.5 Å². The number of carbonyl (C=O) groups is 1. The van der Waals surface area contributed by atoms with Crippen molar-refractivity contribution in [2.75, 3.05) is 5.32 Å². The maximum absolute atomic E-state index is 12.5. The SMILES string of the molecule is O=C(Nc1c[nH]c2ncccc12)c1cnn2ccc(Cl)nc12. The lowest BCUT2D eigenvalue weighted by molar-refractivity contribution is 0.102. The Hall–Kier alpha value is -2.93. The van der Waals surface area contributed by atoms with Gasteiger partial charge in [0, 0.05) is 24.0 Å². The number of fused-ring (bicyclic) bond motifs is 2. The van der Waals surface area contributed by atoms with Crippen molar-refractivity contribution in [3.05, 3.63) is 53.7 Å². The maximum Gasteiger partial charge on any atom is 0.261 e. The van der Waals surface area contributed by atoms with Crippen LogP contribution < -0.4 is 5.32 Å². The molecule has 1 amide bonds. The summed E-state index contributed by atoms with van der Waals surface area (Å²) in [6.45, 7) is 0. The summed E-state index contributed by atoms with van der Waals surface area (Å²) in [5.74, 6) is -0.311. The van der Waals surface area contributed by atoms with E-state index in [1.54, 1.807) is 24.7 Å². The smallest absolute Gasteiger partial charge is 0.261 e. The van der Waals surface area contributed by atoms with Crippen LogP contribution in [-0.4, -0.2) is 30.5 Å². The molecule has 0 saturated heterocycles. The Labute approximate surface area is 129 Å². The number of rotatable bonds is 2. The second kappa shape index (κ2) is 4.81. The predicted molar refractivity (Wildman–Crippen MR) is 82.0 cm³/mol. The highest BCUT2D eigenvalue weighted by Crippen LogP contribution is 2.22. The van der Waals surface area contributed by atoms with Gasteiger partial charge in [0.2, 0.25) is 0 Å². The first kappa shape index (κ1) is 12.8. The van der Waals surface area contributed by atoms with Crippen LogP contribution in [0, 0.1) is 0 Å². The zero-order valence-electron chi connectivity index (χ0n) is 11.1. The van der Waals surface area contributed by atoms with Gasteiger partial charge in [-0.1, -0.05) is 11.6 Å². The topological polar surface area (TPSA) is 88.0 Å². The number of nitrogens with one attached hydrogen (secondary N) is 2. The van der Waals surface area contributed by atoms with E-state index in [-0.39, 0.29) is 5.91 Å². The highest BCUT2D eigenvalue weighted by atomic mass is 35.5. The number of nitrogens with zero attached hydrogens (tertiary/aromatic N) is 4. The second-order valence-electron chi connectivity index (χ2n) is 4.63. The average Bonchev–Trinajstić information content (AvgIpc) is 3.11. The third-order valence-electron chi connectivity index (χ3n) is 3.28. The molecule has 0 fully saturated rings. The van der Waals surface area contributed by atoms with E-state index in [0.717, 1.165) is 5.39 Å². The lowest BCUT2D eigenvalue weighted by Crippen LogP contribution is -2.11. The van der Waals surface area contributed by atoms with Crippen molar-refractivity contribution >= 4 is 39.9 Å². The van der Waals surface area contributed by atoms with E-state index in [1.807, 2.05) is 12.1 Å². The minimum Gasteiger partial charge on any atom is -0.344 e. The molecule has 2 N–H and O–H groups in total. The van der Waals surface area contributed by atoms with Crippen LogP contribution in [0.2, 0.25) is 5.15 Å². The molecule has 8 heteroatoms. The third-order valence-corrected chi connectivity index (χ3v) is 3.49. The molecule has 0 aliphatic heterocycles. The molecule has 22 heavy (non-hydrogen) atoms. The molecule has 7 nitrogen and oxygen atoms in total. The van der Waals surface area contributed by atoms with Crippen molar-refractivity contribution in [1.29, 1.82) is 0 Å². The van der Waals surface area contributed by atoms with E-state index >= 15 is 0 Å². The van der Waals surface area contributed by atoms with Crippen LogP contribution in [0.15, 0.2) is 43.0 Å². The van der Waals surface area contributed by atoms with Gasteiger partial charge in [0.15, 0.2) is 5.65 Å². The van der Waals surface area contributed by atoms with E-state index < -0.39 is 0 Å². The minimum absolute atomic E-state index is 0.304. The molecule has 0 aromatic carbocycles. The van der Waals surface area contributed by atoms with Crippen LogP contribution in [0.3, 0.4) is 0 Å². The van der Waals surface area contributed by atoms with Gasteiger partial charge in [0.05, 0.1) is 11.9 Å². The quantitative estimate of drug-likeness (QED) is 0.557. The first-order valence-electron chi connectivity index (χ1n) is 6.46. The molecule has 0 aliphatic carbocycles. The summed E-state index contributed by atoms with van der Waals surface area (Å²) < 4.78 is 1.50. The van der Waals surface area contributed by atoms with Crippen molar-refractivity contribution in [1.82, 2.24) is 24.6 Å². The number of amides is 1. The first-order chi connectivity index (χ1) is 10.7. The summed E-state index contributed by atoms with van der Waals surface area (Å²) in [5.41, 5.74) is 2.11. The largest absolute Gasteiger partial charge is 0.344 e. The van der Waals surface area contributed by atoms with Crippen molar-refractivity contribution in [2.45, 2.75) is 0 Å². The second-order valence-corrected chi connectivity index (χ2v) is 5.02. The number of anilines is 1. The average molecular weight is 313 g/mol. The summed E-state index contributed by atoms with van der Waals surface area (Å²) in [6.07, 6.45) is 6.49. The van der Waals surface area contributed by atoms with Crippen LogP contribution in [0.25, 0.3) is 16.7 Å². The highest BCUT2D eigenvalue weighted by molar-refractivity contribution is 6.29. The molecule has 4 heterocycles. The Bertz CT molecular complexity index is 1000. The van der Waals surface area contributed by atoms with Gasteiger partial charge in [-0.2, -0.15) is 5.10 Å². The van der Waals surface area contributed by atoms with Crippen molar-refractivity contribution < 1.29 is 4.79 Å². The fraction of sp³-hybridized carbons (Fsp3) is 0. The molecule has 108 valence electrons. The zero-order valence-corrected chi connectivity index (χ0v) is 11.9. The molecule has 0 atom stereocenters. The molecular formula is C14H9ClN6O. The molecule has 0 bridgehead atoms. The molecule has 4 aromatic heterocycles. The van der Waals surface area contributed by atoms with Crippen LogP contribution >= 0.6 is 11.6 Å². The fourth-order valence-corrected chi connectivity index (χ4v) is 2.39. The predicted octanol–water partition coefficient (Wildman–Crippen LogP) is 2.51. The number of aromatic nitrogens is 5. The third kappa shape index (κ3) is 1.99. The van der Waals surface area contributed by atoms with E-state index in [9.17, 15) is 4.79 Å². The molecule has 0 aliphatic rings. The lowest BCUT2D eigenvalue weighted by atomic mass is 10.2. The Balaban J connectivity index is 1.73. The Morgan fingerprint density at radius 3 is 3.18 bits per heavy atom. The number of halogens is 1. The Kier molecular flexibility index (Phi) is 2.80. The Morgan fingerprint density at radius 2 is 2.27 bits per heavy atom. The summed E-state index contributed by atoms with van der Waals surface area (Å²) in [6, 6.07) is 5.29. The first-order valence-corrected chi connectivity index (χ1v) is 6.83. The normalized spacial score (nSPS) is 11.1. The number of carbonyl (C=O) groups excluding carboxylic acids is 1. The van der Waals surface area contributed by atoms with Crippen LogP contribution in [0.5, 0.6) is 0 Å². The molecule has 0 spiro atoms. The van der Waals surface area contributed by atoms with Gasteiger partial charge in [0.25, 0.3) is 5.91 Å². The van der Waals surface area contributed by atoms with E-state index in [0.29, 0.717) is 27.7 Å². The highest BCUT2D eigenvalue weighted by Gasteiger charge is 2.16. The number of H-pyrrole nitrogens is 1. The fourth-order valence-electron chi connectivity index (χ4n) is 2.26. The van der Waals surface area contributed by atoms with Gasteiger partial charge in [-0.05, 0) is 18.2 Å².